The Hall–Kier alpha value is -3.29. The molecule has 1 atom stereocenters. The Morgan fingerprint density at radius 2 is 1.88 bits per heavy atom. The van der Waals surface area contributed by atoms with Gasteiger partial charge in [0, 0.05) is 26.2 Å². The van der Waals surface area contributed by atoms with Crippen LogP contribution in [-0.2, 0) is 24.2 Å². The molecular weight excluding hydrogens is 419 g/mol. The number of fused-ring (bicyclic) bond motifs is 1. The van der Waals surface area contributed by atoms with Crippen LogP contribution in [0.1, 0.15) is 43.1 Å². The number of halogens is 1. The quantitative estimate of drug-likeness (QED) is 0.527. The smallest absolute Gasteiger partial charge is 0.249 e. The average molecular weight is 449 g/mol. The van der Waals surface area contributed by atoms with Gasteiger partial charge in [-0.3, -0.25) is 9.48 Å². The predicted octanol–water partition coefficient (Wildman–Crippen LogP) is 3.62. The lowest BCUT2D eigenvalue weighted by molar-refractivity contribution is -0.120. The normalized spacial score (nSPS) is 18.0. The van der Waals surface area contributed by atoms with Crippen LogP contribution in [0.3, 0.4) is 0 Å². The van der Waals surface area contributed by atoms with E-state index in [0.29, 0.717) is 18.9 Å². The molecular formula is C25H29FN6O. The van der Waals surface area contributed by atoms with Crippen LogP contribution in [0.2, 0.25) is 0 Å². The van der Waals surface area contributed by atoms with Crippen molar-refractivity contribution >= 4 is 17.4 Å². The number of amides is 1. The molecule has 0 N–H and O–H groups in total. The number of aryl methyl sites for hydroxylation is 2. The molecule has 2 aliphatic rings. The first-order chi connectivity index (χ1) is 16.0. The van der Waals surface area contributed by atoms with Crippen LogP contribution in [0.4, 0.5) is 15.9 Å². The third-order valence-corrected chi connectivity index (χ3v) is 6.55. The molecule has 0 spiro atoms. The summed E-state index contributed by atoms with van der Waals surface area (Å²) in [6, 6.07) is 6.32. The Kier molecular flexibility index (Phi) is 5.83. The van der Waals surface area contributed by atoms with Crippen molar-refractivity contribution in [1.82, 2.24) is 19.7 Å². The number of rotatable bonds is 8. The molecule has 1 aromatic carbocycles. The molecule has 7 nitrogen and oxygen atoms in total. The minimum Gasteiger partial charge on any atom is -0.342 e. The maximum Gasteiger partial charge on any atom is 0.249 e. The van der Waals surface area contributed by atoms with Gasteiger partial charge < -0.3 is 9.80 Å². The summed E-state index contributed by atoms with van der Waals surface area (Å²) in [5.74, 6) is 2.21. The molecule has 8 heteroatoms. The Labute approximate surface area is 193 Å². The lowest BCUT2D eigenvalue weighted by atomic mass is 10.1. The highest BCUT2D eigenvalue weighted by Gasteiger charge is 2.39. The van der Waals surface area contributed by atoms with Gasteiger partial charge in [0.2, 0.25) is 5.91 Å². The summed E-state index contributed by atoms with van der Waals surface area (Å²) in [6.07, 6.45) is 10.4. The number of nitrogens with zero attached hydrogens (tertiary/aromatic N) is 6. The average Bonchev–Trinajstić information content (AvgIpc) is 3.54. The minimum absolute atomic E-state index is 0.121. The molecule has 0 saturated heterocycles. The molecule has 0 radical (unpaired) electrons. The van der Waals surface area contributed by atoms with Crippen molar-refractivity contribution in [3.05, 3.63) is 65.6 Å². The highest BCUT2D eigenvalue weighted by atomic mass is 19.1. The van der Waals surface area contributed by atoms with E-state index in [1.807, 2.05) is 24.1 Å². The third kappa shape index (κ3) is 4.60. The van der Waals surface area contributed by atoms with Crippen molar-refractivity contribution in [1.29, 1.82) is 0 Å². The fraction of sp³-hybridized carbons (Fsp3) is 0.440. The summed E-state index contributed by atoms with van der Waals surface area (Å²) >= 11 is 0. The number of carbonyl (C=O) groups is 1. The summed E-state index contributed by atoms with van der Waals surface area (Å²) in [5, 5.41) is 4.44. The van der Waals surface area contributed by atoms with Crippen molar-refractivity contribution in [2.24, 2.45) is 5.92 Å². The van der Waals surface area contributed by atoms with Crippen molar-refractivity contribution < 1.29 is 9.18 Å². The van der Waals surface area contributed by atoms with E-state index in [-0.39, 0.29) is 17.8 Å². The fourth-order valence-electron chi connectivity index (χ4n) is 4.44. The Morgan fingerprint density at radius 1 is 1.09 bits per heavy atom. The van der Waals surface area contributed by atoms with E-state index in [9.17, 15) is 9.18 Å². The van der Waals surface area contributed by atoms with E-state index in [1.54, 1.807) is 23.2 Å². The van der Waals surface area contributed by atoms with Gasteiger partial charge in [0.15, 0.2) is 5.82 Å². The third-order valence-electron chi connectivity index (χ3n) is 6.55. The second-order valence-corrected chi connectivity index (χ2v) is 9.08. The van der Waals surface area contributed by atoms with Gasteiger partial charge in [-0.2, -0.15) is 5.10 Å². The molecule has 5 rings (SSSR count). The standard InChI is InChI=1S/C25H29FN6O/c1-3-21-25(33)30(2)22-13-27-23(29-24(22)32(21)16-18-4-5-18)11-8-19-12-28-31(15-19)14-17-6-9-20(26)10-7-17/h6-7,9-10,12-13,15,18,21H,3-5,8,11,14,16H2,1-2H3/t21-/m1/s1. The van der Waals surface area contributed by atoms with Gasteiger partial charge in [-0.05, 0) is 54.9 Å². The molecule has 1 fully saturated rings. The number of aromatic nitrogens is 4. The molecule has 1 amide bonds. The topological polar surface area (TPSA) is 67.2 Å². The zero-order chi connectivity index (χ0) is 22.9. The lowest BCUT2D eigenvalue weighted by Crippen LogP contribution is -2.53. The van der Waals surface area contributed by atoms with Gasteiger partial charge in [-0.25, -0.2) is 14.4 Å². The van der Waals surface area contributed by atoms with Crippen LogP contribution in [0, 0.1) is 11.7 Å². The largest absolute Gasteiger partial charge is 0.342 e. The Morgan fingerprint density at radius 3 is 2.61 bits per heavy atom. The van der Waals surface area contributed by atoms with Crippen LogP contribution in [0.15, 0.2) is 42.9 Å². The number of anilines is 2. The summed E-state index contributed by atoms with van der Waals surface area (Å²) in [7, 11) is 1.82. The number of carbonyl (C=O) groups excluding carboxylic acids is 1. The molecule has 2 aromatic heterocycles. The van der Waals surface area contributed by atoms with Crippen molar-refractivity contribution in [3.8, 4) is 0 Å². The first-order valence-corrected chi connectivity index (χ1v) is 11.7. The van der Waals surface area contributed by atoms with E-state index < -0.39 is 0 Å². The van der Waals surface area contributed by atoms with Crippen molar-refractivity contribution in [2.75, 3.05) is 23.4 Å². The SMILES string of the molecule is CC[C@@H]1C(=O)N(C)c2cnc(CCc3cnn(Cc4ccc(F)cc4)c3)nc2N1CC1CC1. The van der Waals surface area contributed by atoms with Gasteiger partial charge in [0.25, 0.3) is 0 Å². The molecule has 3 heterocycles. The molecule has 3 aromatic rings. The van der Waals surface area contributed by atoms with Crippen LogP contribution in [0.25, 0.3) is 0 Å². The number of benzene rings is 1. The zero-order valence-electron chi connectivity index (χ0n) is 19.1. The summed E-state index contributed by atoms with van der Waals surface area (Å²) < 4.78 is 15.0. The molecule has 1 aliphatic heterocycles. The number of likely N-dealkylation sites (N-methyl/N-ethyl adjacent to an activating group) is 1. The summed E-state index contributed by atoms with van der Waals surface area (Å²) in [6.45, 7) is 3.55. The molecule has 172 valence electrons. The van der Waals surface area contributed by atoms with E-state index in [0.717, 1.165) is 47.8 Å². The Balaban J connectivity index is 1.29. The Bertz CT molecular complexity index is 1140. The predicted molar refractivity (Wildman–Crippen MR) is 125 cm³/mol. The summed E-state index contributed by atoms with van der Waals surface area (Å²) in [5.41, 5.74) is 2.90. The van der Waals surface area contributed by atoms with Crippen LogP contribution in [-0.4, -0.2) is 45.3 Å². The fourth-order valence-corrected chi connectivity index (χ4v) is 4.44. The summed E-state index contributed by atoms with van der Waals surface area (Å²) in [4.78, 5) is 26.3. The molecule has 0 unspecified atom stereocenters. The highest BCUT2D eigenvalue weighted by Crippen LogP contribution is 2.38. The van der Waals surface area contributed by atoms with Gasteiger partial charge in [-0.1, -0.05) is 19.1 Å². The highest BCUT2D eigenvalue weighted by molar-refractivity contribution is 6.04. The molecule has 33 heavy (non-hydrogen) atoms. The number of hydrogen-bond donors (Lipinski definition) is 0. The van der Waals surface area contributed by atoms with Gasteiger partial charge in [0.05, 0.1) is 18.9 Å². The maximum absolute atomic E-state index is 13.1. The molecule has 1 aliphatic carbocycles. The maximum atomic E-state index is 13.1. The first-order valence-electron chi connectivity index (χ1n) is 11.7. The van der Waals surface area contributed by atoms with E-state index in [4.69, 9.17) is 4.98 Å². The van der Waals surface area contributed by atoms with Gasteiger partial charge in [-0.15, -0.1) is 0 Å². The van der Waals surface area contributed by atoms with Crippen molar-refractivity contribution in [3.63, 3.8) is 0 Å². The van der Waals surface area contributed by atoms with Crippen LogP contribution >= 0.6 is 0 Å². The van der Waals surface area contributed by atoms with E-state index in [2.05, 4.69) is 21.9 Å². The van der Waals surface area contributed by atoms with Gasteiger partial charge >= 0.3 is 0 Å². The van der Waals surface area contributed by atoms with E-state index in [1.165, 1.54) is 25.0 Å². The second kappa shape index (κ2) is 8.92. The first kappa shape index (κ1) is 21.6. The number of hydrogen-bond acceptors (Lipinski definition) is 5. The van der Waals surface area contributed by atoms with E-state index >= 15 is 0 Å². The van der Waals surface area contributed by atoms with Crippen LogP contribution < -0.4 is 9.80 Å². The lowest BCUT2D eigenvalue weighted by Gasteiger charge is -2.40. The second-order valence-electron chi connectivity index (χ2n) is 9.08. The van der Waals surface area contributed by atoms with Crippen molar-refractivity contribution in [2.45, 2.75) is 51.6 Å². The molecule has 1 saturated carbocycles. The minimum atomic E-state index is -0.235. The van der Waals surface area contributed by atoms with Gasteiger partial charge in [0.1, 0.15) is 23.4 Å². The van der Waals surface area contributed by atoms with Crippen LogP contribution in [0.5, 0.6) is 0 Å². The monoisotopic (exact) mass is 448 g/mol. The zero-order valence-corrected chi connectivity index (χ0v) is 19.1. The molecule has 0 bridgehead atoms.